The molecular weight excluding hydrogens is 290 g/mol. The number of hydrogen-bond donors (Lipinski definition) is 0. The molecule has 3 rings (SSSR count). The highest BCUT2D eigenvalue weighted by atomic mass is 14.9. The van der Waals surface area contributed by atoms with Crippen molar-refractivity contribution in [2.45, 2.75) is 72.0 Å². The second-order valence-corrected chi connectivity index (χ2v) is 8.58. The van der Waals surface area contributed by atoms with Crippen LogP contribution < -0.4 is 4.57 Å². The Morgan fingerprint density at radius 1 is 0.875 bits per heavy atom. The summed E-state index contributed by atoms with van der Waals surface area (Å²) < 4.78 is 48.9. The lowest BCUT2D eigenvalue weighted by molar-refractivity contribution is -0.660. The molecule has 0 unspecified atom stereocenters. The molecule has 24 heavy (non-hydrogen) atoms. The number of fused-ring (bicyclic) bond motifs is 1. The van der Waals surface area contributed by atoms with Gasteiger partial charge in [-0.2, -0.15) is 0 Å². The number of aryl methyl sites for hydroxylation is 4. The number of aromatic nitrogens is 1. The fourth-order valence-electron chi connectivity index (χ4n) is 3.91. The zero-order valence-corrected chi connectivity index (χ0v) is 15.7. The van der Waals surface area contributed by atoms with Gasteiger partial charge in [-0.25, -0.2) is 4.57 Å². The minimum Gasteiger partial charge on any atom is -0.201 e. The normalized spacial score (nSPS) is 23.1. The van der Waals surface area contributed by atoms with E-state index in [0.29, 0.717) is 5.69 Å². The number of benzene rings is 1. The van der Waals surface area contributed by atoms with Gasteiger partial charge in [-0.05, 0) is 72.6 Å². The van der Waals surface area contributed by atoms with Crippen LogP contribution in [-0.4, -0.2) is 0 Å². The highest BCUT2D eigenvalue weighted by molar-refractivity contribution is 5.66. The molecule has 128 valence electrons. The molecule has 1 aliphatic carbocycles. The first-order valence-corrected chi connectivity index (χ1v) is 8.66. The molecule has 0 atom stereocenters. The van der Waals surface area contributed by atoms with Crippen LogP contribution in [0.2, 0.25) is 0 Å². The van der Waals surface area contributed by atoms with Gasteiger partial charge in [0.25, 0.3) is 0 Å². The summed E-state index contributed by atoms with van der Waals surface area (Å²) in [4.78, 5) is 0. The van der Waals surface area contributed by atoms with Crippen LogP contribution in [0.4, 0.5) is 0 Å². The quantitative estimate of drug-likeness (QED) is 0.613. The number of hydrogen-bond acceptors (Lipinski definition) is 0. The molecule has 1 aromatic heterocycles. The third-order valence-corrected chi connectivity index (χ3v) is 5.75. The van der Waals surface area contributed by atoms with Crippen molar-refractivity contribution in [2.24, 2.45) is 7.05 Å². The van der Waals surface area contributed by atoms with Crippen molar-refractivity contribution in [3.05, 3.63) is 52.2 Å². The van der Waals surface area contributed by atoms with Crippen molar-refractivity contribution in [1.82, 2.24) is 0 Å². The van der Waals surface area contributed by atoms with E-state index in [2.05, 4.69) is 39.8 Å². The lowest BCUT2D eigenvalue weighted by atomic mass is 9.62. The average Bonchev–Trinajstić information content (AvgIpc) is 2.57. The van der Waals surface area contributed by atoms with Crippen molar-refractivity contribution in [1.29, 1.82) is 0 Å². The molecule has 0 saturated heterocycles. The van der Waals surface area contributed by atoms with Crippen LogP contribution in [0.1, 0.15) is 76.6 Å². The van der Waals surface area contributed by atoms with Gasteiger partial charge in [-0.15, -0.1) is 0 Å². The summed E-state index contributed by atoms with van der Waals surface area (Å²) in [5.41, 5.74) is 5.25. The molecule has 0 saturated carbocycles. The predicted octanol–water partition coefficient (Wildman–Crippen LogP) is 5.45. The summed E-state index contributed by atoms with van der Waals surface area (Å²) in [5, 5.41) is 0. The standard InChI is InChI=1S/C23H32N/c1-15-12-21(24(8)14-17(15)3)18-13-20-19(11-16(18)2)22(4,5)9-10-23(20,6)7/h11-14H,9-10H2,1-8H3/q+1/i1D3,3D3. The molecular formula is C23H32N+. The molecule has 0 fully saturated rings. The molecule has 2 aromatic rings. The van der Waals surface area contributed by atoms with E-state index in [-0.39, 0.29) is 22.0 Å². The molecule has 0 bridgehead atoms. The molecule has 0 N–H and O–H groups in total. The van der Waals surface area contributed by atoms with Crippen molar-refractivity contribution >= 4 is 0 Å². The maximum Gasteiger partial charge on any atom is 0.212 e. The lowest BCUT2D eigenvalue weighted by Crippen LogP contribution is -2.35. The lowest BCUT2D eigenvalue weighted by Gasteiger charge is -2.42. The third-order valence-electron chi connectivity index (χ3n) is 5.75. The molecule has 0 amide bonds. The minimum atomic E-state index is -2.50. The first kappa shape index (κ1) is 11.1. The molecule has 1 aliphatic rings. The molecule has 0 aliphatic heterocycles. The fourth-order valence-corrected chi connectivity index (χ4v) is 3.91. The van der Waals surface area contributed by atoms with Crippen LogP contribution in [0.5, 0.6) is 0 Å². The Labute approximate surface area is 156 Å². The van der Waals surface area contributed by atoms with Gasteiger partial charge in [0, 0.05) is 25.4 Å². The molecule has 1 aromatic carbocycles. The van der Waals surface area contributed by atoms with E-state index in [1.807, 2.05) is 6.92 Å². The van der Waals surface area contributed by atoms with Crippen LogP contribution in [0.25, 0.3) is 11.3 Å². The summed E-state index contributed by atoms with van der Waals surface area (Å²) in [5.74, 6) is 0. The second kappa shape index (κ2) is 5.44. The van der Waals surface area contributed by atoms with E-state index < -0.39 is 13.7 Å². The summed E-state index contributed by atoms with van der Waals surface area (Å²) >= 11 is 0. The van der Waals surface area contributed by atoms with Crippen molar-refractivity contribution < 1.29 is 12.8 Å². The Bertz CT molecular complexity index is 953. The molecule has 0 radical (unpaired) electrons. The monoisotopic (exact) mass is 328 g/mol. The highest BCUT2D eigenvalue weighted by Gasteiger charge is 2.37. The first-order valence-electron chi connectivity index (χ1n) is 11.7. The largest absolute Gasteiger partial charge is 0.212 e. The Morgan fingerprint density at radius 2 is 1.46 bits per heavy atom. The topological polar surface area (TPSA) is 3.88 Å². The van der Waals surface area contributed by atoms with E-state index in [9.17, 15) is 0 Å². The third kappa shape index (κ3) is 2.68. The second-order valence-electron chi connectivity index (χ2n) is 8.58. The molecule has 1 heterocycles. The van der Waals surface area contributed by atoms with E-state index in [4.69, 9.17) is 8.22 Å². The van der Waals surface area contributed by atoms with Gasteiger partial charge in [0.1, 0.15) is 7.05 Å². The zero-order chi connectivity index (χ0) is 22.9. The van der Waals surface area contributed by atoms with Crippen LogP contribution >= 0.6 is 0 Å². The van der Waals surface area contributed by atoms with Gasteiger partial charge < -0.3 is 0 Å². The van der Waals surface area contributed by atoms with E-state index in [1.165, 1.54) is 17.3 Å². The number of rotatable bonds is 1. The van der Waals surface area contributed by atoms with E-state index in [1.54, 1.807) is 17.7 Å². The smallest absolute Gasteiger partial charge is 0.201 e. The summed E-state index contributed by atoms with van der Waals surface area (Å²) in [7, 11) is 1.78. The van der Waals surface area contributed by atoms with Crippen LogP contribution in [-0.2, 0) is 17.9 Å². The van der Waals surface area contributed by atoms with Crippen molar-refractivity contribution in [2.75, 3.05) is 0 Å². The Kier molecular flexibility index (Phi) is 2.51. The average molecular weight is 329 g/mol. The summed E-state index contributed by atoms with van der Waals surface area (Å²) in [6.45, 7) is 6.11. The zero-order valence-electron chi connectivity index (χ0n) is 21.7. The van der Waals surface area contributed by atoms with Gasteiger partial charge in [-0.1, -0.05) is 33.8 Å². The number of nitrogens with zero attached hydrogens (tertiary/aromatic N) is 1. The summed E-state index contributed by atoms with van der Waals surface area (Å²) in [6, 6.07) is 5.97. The molecule has 1 heteroatoms. The van der Waals surface area contributed by atoms with E-state index >= 15 is 0 Å². The van der Waals surface area contributed by atoms with Gasteiger partial charge in [0.2, 0.25) is 5.69 Å². The fraction of sp³-hybridized carbons (Fsp3) is 0.522. The maximum atomic E-state index is 7.92. The predicted molar refractivity (Wildman–Crippen MR) is 103 cm³/mol. The Hall–Kier alpha value is -1.63. The summed E-state index contributed by atoms with van der Waals surface area (Å²) in [6.07, 6.45) is 3.66. The molecule has 0 spiro atoms. The number of pyridine rings is 1. The minimum absolute atomic E-state index is 0.0252. The Morgan fingerprint density at radius 3 is 2.04 bits per heavy atom. The first-order chi connectivity index (χ1) is 13.4. The van der Waals surface area contributed by atoms with Crippen molar-refractivity contribution in [3.8, 4) is 11.3 Å². The Balaban J connectivity index is 2.32. The van der Waals surface area contributed by atoms with Gasteiger partial charge in [0.15, 0.2) is 6.20 Å². The van der Waals surface area contributed by atoms with E-state index in [0.717, 1.165) is 24.0 Å². The SMILES string of the molecule is [2H]C([2H])([2H])c1cc(-c2cc3c(cc2C)C(C)(C)CCC3(C)C)[n+](C)cc1C([2H])([2H])[2H]. The van der Waals surface area contributed by atoms with Crippen LogP contribution in [0.15, 0.2) is 24.4 Å². The maximum absolute atomic E-state index is 7.92. The van der Waals surface area contributed by atoms with Gasteiger partial charge in [0.05, 0.1) is 0 Å². The van der Waals surface area contributed by atoms with Gasteiger partial charge >= 0.3 is 0 Å². The van der Waals surface area contributed by atoms with Gasteiger partial charge in [-0.3, -0.25) is 0 Å². The highest BCUT2D eigenvalue weighted by Crippen LogP contribution is 2.47. The van der Waals surface area contributed by atoms with Crippen LogP contribution in [0.3, 0.4) is 0 Å². The van der Waals surface area contributed by atoms with Crippen molar-refractivity contribution in [3.63, 3.8) is 0 Å². The van der Waals surface area contributed by atoms with Crippen LogP contribution in [0, 0.1) is 20.6 Å². The molecule has 1 nitrogen and oxygen atoms in total.